The Morgan fingerprint density at radius 1 is 1.75 bits per heavy atom. The van der Waals surface area contributed by atoms with E-state index in [2.05, 4.69) is 50.0 Å². The highest BCUT2D eigenvalue weighted by Crippen LogP contribution is 2.24. The van der Waals surface area contributed by atoms with E-state index in [9.17, 15) is 0 Å². The smallest absolute Gasteiger partial charge is 0.0352 e. The lowest BCUT2D eigenvalue weighted by atomic mass is 10.5. The molecule has 0 aliphatic carbocycles. The van der Waals surface area contributed by atoms with E-state index in [4.69, 9.17) is 0 Å². The molecule has 0 fully saturated rings. The predicted molar refractivity (Wildman–Crippen MR) is 49.7 cm³/mol. The van der Waals surface area contributed by atoms with Crippen molar-refractivity contribution in [1.29, 1.82) is 0 Å². The highest BCUT2D eigenvalue weighted by molar-refractivity contribution is 14.1. The van der Waals surface area contributed by atoms with Gasteiger partial charge in [0, 0.05) is 13.8 Å². The molecule has 1 aromatic rings. The molecule has 3 heteroatoms. The van der Waals surface area contributed by atoms with Crippen LogP contribution in [-0.4, -0.2) is 0 Å². The van der Waals surface area contributed by atoms with E-state index in [0.29, 0.717) is 0 Å². The molecule has 8 heavy (non-hydrogen) atoms. The SMILES string of the molecule is Brc1ccsc1CI. The van der Waals surface area contributed by atoms with Crippen molar-refractivity contribution in [2.75, 3.05) is 0 Å². The molecule has 0 aromatic carbocycles. The van der Waals surface area contributed by atoms with Crippen molar-refractivity contribution in [2.24, 2.45) is 0 Å². The molecule has 0 amide bonds. The summed E-state index contributed by atoms with van der Waals surface area (Å²) < 4.78 is 2.35. The van der Waals surface area contributed by atoms with E-state index in [0.717, 1.165) is 4.43 Å². The molecule has 44 valence electrons. The van der Waals surface area contributed by atoms with Gasteiger partial charge in [-0.2, -0.15) is 0 Å². The van der Waals surface area contributed by atoms with Gasteiger partial charge in [-0.3, -0.25) is 0 Å². The minimum absolute atomic E-state index is 1.11. The Bertz CT molecular complexity index is 173. The number of thiophene rings is 1. The van der Waals surface area contributed by atoms with Gasteiger partial charge < -0.3 is 0 Å². The van der Waals surface area contributed by atoms with Crippen LogP contribution in [0.4, 0.5) is 0 Å². The lowest BCUT2D eigenvalue weighted by Crippen LogP contribution is -1.63. The van der Waals surface area contributed by atoms with E-state index in [1.807, 2.05) is 0 Å². The molecule has 0 unspecified atom stereocenters. The topological polar surface area (TPSA) is 0 Å². The molecule has 0 saturated heterocycles. The van der Waals surface area contributed by atoms with E-state index in [1.165, 1.54) is 9.35 Å². The molecule has 0 aliphatic rings. The Morgan fingerprint density at radius 3 is 2.75 bits per heavy atom. The van der Waals surface area contributed by atoms with E-state index >= 15 is 0 Å². The summed E-state index contributed by atoms with van der Waals surface area (Å²) in [6.07, 6.45) is 0. The maximum Gasteiger partial charge on any atom is 0.0352 e. The fourth-order valence-electron chi connectivity index (χ4n) is 0.420. The second-order valence-electron chi connectivity index (χ2n) is 1.33. The van der Waals surface area contributed by atoms with Crippen molar-refractivity contribution in [3.63, 3.8) is 0 Å². The second-order valence-corrected chi connectivity index (χ2v) is 3.94. The molecule has 0 spiro atoms. The monoisotopic (exact) mass is 302 g/mol. The normalized spacial score (nSPS) is 9.75. The zero-order valence-electron chi connectivity index (χ0n) is 4.03. The summed E-state index contributed by atoms with van der Waals surface area (Å²) in [6.45, 7) is 0. The lowest BCUT2D eigenvalue weighted by molar-refractivity contribution is 1.57. The number of hydrogen-bond acceptors (Lipinski definition) is 1. The number of rotatable bonds is 1. The molecule has 0 atom stereocenters. The maximum absolute atomic E-state index is 3.43. The summed E-state index contributed by atoms with van der Waals surface area (Å²) in [5.74, 6) is 0. The van der Waals surface area contributed by atoms with Crippen molar-refractivity contribution in [2.45, 2.75) is 4.43 Å². The lowest BCUT2D eigenvalue weighted by Gasteiger charge is -1.84. The van der Waals surface area contributed by atoms with Crippen molar-refractivity contribution in [3.8, 4) is 0 Å². The Balaban J connectivity index is 2.92. The molecular weight excluding hydrogens is 299 g/mol. The highest BCUT2D eigenvalue weighted by atomic mass is 127. The number of halogens is 2. The highest BCUT2D eigenvalue weighted by Gasteiger charge is 1.95. The summed E-state index contributed by atoms with van der Waals surface area (Å²) in [7, 11) is 0. The Hall–Kier alpha value is 0.910. The molecule has 1 rings (SSSR count). The van der Waals surface area contributed by atoms with Gasteiger partial charge in [0.2, 0.25) is 0 Å². The molecule has 1 aromatic heterocycles. The van der Waals surface area contributed by atoms with E-state index < -0.39 is 0 Å². The Labute approximate surface area is 74.6 Å². The van der Waals surface area contributed by atoms with E-state index in [1.54, 1.807) is 11.3 Å². The average molecular weight is 303 g/mol. The van der Waals surface area contributed by atoms with Gasteiger partial charge in [-0.1, -0.05) is 22.6 Å². The third kappa shape index (κ3) is 1.45. The van der Waals surface area contributed by atoms with Crippen LogP contribution in [0.15, 0.2) is 15.9 Å². The quantitative estimate of drug-likeness (QED) is 0.551. The van der Waals surface area contributed by atoms with Crippen LogP contribution in [0.1, 0.15) is 4.88 Å². The summed E-state index contributed by atoms with van der Waals surface area (Å²) in [6, 6.07) is 2.08. The third-order valence-electron chi connectivity index (χ3n) is 0.812. The zero-order chi connectivity index (χ0) is 5.98. The van der Waals surface area contributed by atoms with Crippen molar-refractivity contribution in [3.05, 3.63) is 20.8 Å². The van der Waals surface area contributed by atoms with Crippen LogP contribution in [0.25, 0.3) is 0 Å². The summed E-state index contributed by atoms with van der Waals surface area (Å²) in [4.78, 5) is 1.42. The molecule has 0 nitrogen and oxygen atoms in total. The molecule has 0 N–H and O–H groups in total. The van der Waals surface area contributed by atoms with Crippen molar-refractivity contribution >= 4 is 49.9 Å². The van der Waals surface area contributed by atoms with Crippen LogP contribution < -0.4 is 0 Å². The van der Waals surface area contributed by atoms with Crippen molar-refractivity contribution < 1.29 is 0 Å². The Kier molecular flexibility index (Phi) is 2.79. The first-order valence-corrected chi connectivity index (χ1v) is 5.32. The summed E-state index contributed by atoms with van der Waals surface area (Å²) >= 11 is 7.58. The summed E-state index contributed by atoms with van der Waals surface area (Å²) in [5, 5.41) is 2.10. The third-order valence-corrected chi connectivity index (χ3v) is 4.02. The molecular formula is C5H4BrIS. The molecule has 0 aliphatic heterocycles. The number of hydrogen-bond donors (Lipinski definition) is 0. The minimum atomic E-state index is 1.11. The fourth-order valence-corrected chi connectivity index (χ4v) is 3.23. The van der Waals surface area contributed by atoms with Gasteiger partial charge in [-0.15, -0.1) is 11.3 Å². The van der Waals surface area contributed by atoms with Gasteiger partial charge in [0.15, 0.2) is 0 Å². The molecule has 1 heterocycles. The maximum atomic E-state index is 3.43. The first-order chi connectivity index (χ1) is 3.84. The van der Waals surface area contributed by atoms with Gasteiger partial charge in [0.05, 0.1) is 0 Å². The second kappa shape index (κ2) is 3.17. The van der Waals surface area contributed by atoms with Crippen LogP contribution >= 0.6 is 49.9 Å². The first-order valence-electron chi connectivity index (χ1n) is 2.12. The first kappa shape index (κ1) is 7.02. The van der Waals surface area contributed by atoms with Crippen LogP contribution in [-0.2, 0) is 4.43 Å². The zero-order valence-corrected chi connectivity index (χ0v) is 8.59. The average Bonchev–Trinajstić information content (AvgIpc) is 2.14. The Morgan fingerprint density at radius 2 is 2.50 bits per heavy atom. The molecule has 0 bridgehead atoms. The predicted octanol–water partition coefficient (Wildman–Crippen LogP) is 3.45. The fraction of sp³-hybridized carbons (Fsp3) is 0.200. The summed E-state index contributed by atoms with van der Waals surface area (Å²) in [5.41, 5.74) is 0. The largest absolute Gasteiger partial charge is 0.147 e. The van der Waals surface area contributed by atoms with Crippen LogP contribution in [0.5, 0.6) is 0 Å². The standard InChI is InChI=1S/C5H4BrIS/c6-4-1-2-8-5(4)3-7/h1-2H,3H2. The molecule has 0 saturated carbocycles. The van der Waals surface area contributed by atoms with Gasteiger partial charge in [-0.05, 0) is 27.4 Å². The van der Waals surface area contributed by atoms with Crippen molar-refractivity contribution in [1.82, 2.24) is 0 Å². The van der Waals surface area contributed by atoms with Gasteiger partial charge >= 0.3 is 0 Å². The van der Waals surface area contributed by atoms with Gasteiger partial charge in [0.1, 0.15) is 0 Å². The molecule has 0 radical (unpaired) electrons. The van der Waals surface area contributed by atoms with Gasteiger partial charge in [0.25, 0.3) is 0 Å². The van der Waals surface area contributed by atoms with E-state index in [-0.39, 0.29) is 0 Å². The minimum Gasteiger partial charge on any atom is -0.147 e. The van der Waals surface area contributed by atoms with Gasteiger partial charge in [-0.25, -0.2) is 0 Å². The van der Waals surface area contributed by atoms with Crippen LogP contribution in [0.3, 0.4) is 0 Å². The van der Waals surface area contributed by atoms with Crippen LogP contribution in [0.2, 0.25) is 0 Å². The van der Waals surface area contributed by atoms with Crippen LogP contribution in [0, 0.1) is 0 Å². The number of alkyl halides is 1.